The topological polar surface area (TPSA) is 63.3 Å². The van der Waals surface area contributed by atoms with Crippen LogP contribution in [0.1, 0.15) is 19.5 Å². The number of nitrogens with zero attached hydrogens (tertiary/aromatic N) is 1. The summed E-state index contributed by atoms with van der Waals surface area (Å²) in [4.78, 5) is 15.4. The molecule has 0 bridgehead atoms. The summed E-state index contributed by atoms with van der Waals surface area (Å²) in [6, 6.07) is 1.80. The summed E-state index contributed by atoms with van der Waals surface area (Å²) in [5.74, 6) is -0.878. The Hall–Kier alpha value is -1.62. The monoisotopic (exact) mass is 237 g/mol. The van der Waals surface area contributed by atoms with Gasteiger partial charge >= 0.3 is 5.97 Å². The van der Waals surface area contributed by atoms with Gasteiger partial charge in [-0.2, -0.15) is 0 Å². The molecule has 2 rings (SSSR count). The molecule has 0 aromatic carbocycles. The summed E-state index contributed by atoms with van der Waals surface area (Å²) in [5.41, 5.74) is 0.483. The second-order valence-electron chi connectivity index (χ2n) is 3.98. The summed E-state index contributed by atoms with van der Waals surface area (Å²) in [7, 11) is 0. The molecular weight excluding hydrogens is 226 g/mol. The number of aromatic nitrogens is 1. The van der Waals surface area contributed by atoms with E-state index in [-0.39, 0.29) is 0 Å². The zero-order valence-corrected chi connectivity index (χ0v) is 9.75. The van der Waals surface area contributed by atoms with Crippen molar-refractivity contribution in [2.75, 3.05) is 0 Å². The van der Waals surface area contributed by atoms with E-state index in [0.29, 0.717) is 5.69 Å². The van der Waals surface area contributed by atoms with Crippen LogP contribution in [0, 0.1) is 0 Å². The van der Waals surface area contributed by atoms with E-state index in [1.54, 1.807) is 37.8 Å². The lowest BCUT2D eigenvalue weighted by Crippen LogP contribution is -2.28. The number of aliphatic carboxylic acids is 1. The van der Waals surface area contributed by atoms with Crippen LogP contribution in [0.15, 0.2) is 28.4 Å². The van der Waals surface area contributed by atoms with Gasteiger partial charge < -0.3 is 9.52 Å². The Morgan fingerprint density at radius 1 is 1.56 bits per heavy atom. The fraction of sp³-hybridized carbons (Fsp3) is 0.273. The minimum Gasteiger partial charge on any atom is -0.481 e. The van der Waals surface area contributed by atoms with E-state index in [2.05, 4.69) is 4.98 Å². The van der Waals surface area contributed by atoms with Gasteiger partial charge in [0.05, 0.1) is 12.0 Å². The number of rotatable bonds is 3. The number of carboxylic acids is 1. The van der Waals surface area contributed by atoms with Gasteiger partial charge in [-0.25, -0.2) is 4.98 Å². The Labute approximate surface area is 96.6 Å². The molecule has 16 heavy (non-hydrogen) atoms. The van der Waals surface area contributed by atoms with Crippen molar-refractivity contribution in [2.45, 2.75) is 19.3 Å². The van der Waals surface area contributed by atoms with Crippen LogP contribution in [0.25, 0.3) is 10.6 Å². The van der Waals surface area contributed by atoms with Crippen molar-refractivity contribution in [1.29, 1.82) is 0 Å². The first-order valence-electron chi connectivity index (χ1n) is 4.74. The van der Waals surface area contributed by atoms with E-state index in [9.17, 15) is 4.79 Å². The number of carboxylic acid groups (broad SMARTS) is 1. The maximum absolute atomic E-state index is 11.1. The SMILES string of the molecule is CC(C)(C(=O)O)c1csc(-c2ccoc2)n1. The molecule has 0 aliphatic heterocycles. The Bertz CT molecular complexity index is 499. The Morgan fingerprint density at radius 2 is 2.31 bits per heavy atom. The lowest BCUT2D eigenvalue weighted by atomic mass is 9.90. The summed E-state index contributed by atoms with van der Waals surface area (Å²) in [5, 5.41) is 11.6. The molecule has 2 aromatic rings. The molecule has 1 N–H and O–H groups in total. The molecule has 0 amide bonds. The Balaban J connectivity index is 2.37. The van der Waals surface area contributed by atoms with Crippen LogP contribution in [0.2, 0.25) is 0 Å². The highest BCUT2D eigenvalue weighted by atomic mass is 32.1. The van der Waals surface area contributed by atoms with Crippen LogP contribution >= 0.6 is 11.3 Å². The molecule has 0 atom stereocenters. The zero-order valence-electron chi connectivity index (χ0n) is 8.93. The van der Waals surface area contributed by atoms with Crippen LogP contribution < -0.4 is 0 Å². The highest BCUT2D eigenvalue weighted by molar-refractivity contribution is 7.13. The fourth-order valence-corrected chi connectivity index (χ4v) is 2.16. The average Bonchev–Trinajstić information content (AvgIpc) is 2.88. The van der Waals surface area contributed by atoms with Crippen LogP contribution in [0.4, 0.5) is 0 Å². The van der Waals surface area contributed by atoms with Gasteiger partial charge in [-0.05, 0) is 19.9 Å². The van der Waals surface area contributed by atoms with E-state index in [1.165, 1.54) is 11.3 Å². The summed E-state index contributed by atoms with van der Waals surface area (Å²) in [6.07, 6.45) is 3.16. The third-order valence-corrected chi connectivity index (χ3v) is 3.34. The number of hydrogen-bond acceptors (Lipinski definition) is 4. The molecular formula is C11H11NO3S. The van der Waals surface area contributed by atoms with Crippen molar-refractivity contribution in [3.63, 3.8) is 0 Å². The first-order valence-corrected chi connectivity index (χ1v) is 5.62. The molecule has 0 fully saturated rings. The minimum absolute atomic E-state index is 0.571. The maximum Gasteiger partial charge on any atom is 0.315 e. The second-order valence-corrected chi connectivity index (χ2v) is 4.84. The van der Waals surface area contributed by atoms with Gasteiger partial charge in [0.2, 0.25) is 0 Å². The second kappa shape index (κ2) is 3.75. The van der Waals surface area contributed by atoms with Crippen molar-refractivity contribution in [3.8, 4) is 10.6 Å². The molecule has 0 radical (unpaired) electrons. The van der Waals surface area contributed by atoms with Crippen molar-refractivity contribution >= 4 is 17.3 Å². The van der Waals surface area contributed by atoms with Crippen molar-refractivity contribution in [3.05, 3.63) is 29.7 Å². The third kappa shape index (κ3) is 1.74. The van der Waals surface area contributed by atoms with Crippen molar-refractivity contribution in [2.24, 2.45) is 0 Å². The van der Waals surface area contributed by atoms with E-state index in [1.807, 2.05) is 0 Å². The molecule has 0 saturated heterocycles. The van der Waals surface area contributed by atoms with E-state index < -0.39 is 11.4 Å². The van der Waals surface area contributed by atoms with Crippen LogP contribution in [0.3, 0.4) is 0 Å². The van der Waals surface area contributed by atoms with Gasteiger partial charge in [-0.1, -0.05) is 0 Å². The van der Waals surface area contributed by atoms with Crippen LogP contribution in [-0.4, -0.2) is 16.1 Å². The van der Waals surface area contributed by atoms with Gasteiger partial charge in [-0.15, -0.1) is 11.3 Å². The van der Waals surface area contributed by atoms with E-state index in [0.717, 1.165) is 10.6 Å². The van der Waals surface area contributed by atoms with Gasteiger partial charge in [0, 0.05) is 10.9 Å². The van der Waals surface area contributed by atoms with Crippen molar-refractivity contribution in [1.82, 2.24) is 4.98 Å². The van der Waals surface area contributed by atoms with Crippen LogP contribution in [0.5, 0.6) is 0 Å². The van der Waals surface area contributed by atoms with Gasteiger partial charge in [-0.3, -0.25) is 4.79 Å². The fourth-order valence-electron chi connectivity index (χ4n) is 1.19. The normalized spacial score (nSPS) is 11.6. The van der Waals surface area contributed by atoms with E-state index >= 15 is 0 Å². The molecule has 2 aromatic heterocycles. The van der Waals surface area contributed by atoms with Crippen LogP contribution in [-0.2, 0) is 10.2 Å². The lowest BCUT2D eigenvalue weighted by Gasteiger charge is -2.15. The molecule has 2 heterocycles. The largest absolute Gasteiger partial charge is 0.481 e. The molecule has 0 spiro atoms. The molecule has 0 aliphatic rings. The van der Waals surface area contributed by atoms with Crippen molar-refractivity contribution < 1.29 is 14.3 Å². The third-order valence-electron chi connectivity index (χ3n) is 2.45. The molecule has 5 heteroatoms. The first-order chi connectivity index (χ1) is 7.51. The predicted octanol–water partition coefficient (Wildman–Crippen LogP) is 2.77. The average molecular weight is 237 g/mol. The smallest absolute Gasteiger partial charge is 0.315 e. The van der Waals surface area contributed by atoms with E-state index in [4.69, 9.17) is 9.52 Å². The molecule has 4 nitrogen and oxygen atoms in total. The van der Waals surface area contributed by atoms with Gasteiger partial charge in [0.15, 0.2) is 0 Å². The number of carbonyl (C=O) groups is 1. The molecule has 0 unspecified atom stereocenters. The molecule has 0 saturated carbocycles. The molecule has 84 valence electrons. The highest BCUT2D eigenvalue weighted by Crippen LogP contribution is 2.30. The Morgan fingerprint density at radius 3 is 2.88 bits per heavy atom. The standard InChI is InChI=1S/C11H11NO3S/c1-11(2,10(13)14)8-6-16-9(12-8)7-3-4-15-5-7/h3-6H,1-2H3,(H,13,14). The number of hydrogen-bond donors (Lipinski definition) is 1. The summed E-state index contributed by atoms with van der Waals surface area (Å²) in [6.45, 7) is 3.28. The predicted molar refractivity (Wildman–Crippen MR) is 60.5 cm³/mol. The first kappa shape index (κ1) is 10.9. The summed E-state index contributed by atoms with van der Waals surface area (Å²) < 4.78 is 4.96. The van der Waals surface area contributed by atoms with Gasteiger partial charge in [0.25, 0.3) is 0 Å². The quantitative estimate of drug-likeness (QED) is 0.891. The lowest BCUT2D eigenvalue weighted by molar-refractivity contribution is -0.142. The minimum atomic E-state index is -0.960. The highest BCUT2D eigenvalue weighted by Gasteiger charge is 2.32. The van der Waals surface area contributed by atoms with Gasteiger partial charge in [0.1, 0.15) is 16.7 Å². The number of thiazole rings is 1. The summed E-state index contributed by atoms with van der Waals surface area (Å²) >= 11 is 1.42. The zero-order chi connectivity index (χ0) is 11.8. The Kier molecular flexibility index (Phi) is 2.55. The maximum atomic E-state index is 11.1. The molecule has 0 aliphatic carbocycles. The number of furan rings is 1.